The van der Waals surface area contributed by atoms with E-state index in [4.69, 9.17) is 0 Å². The van der Waals surface area contributed by atoms with E-state index in [2.05, 4.69) is 15.9 Å². The number of halogens is 4. The van der Waals surface area contributed by atoms with Gasteiger partial charge in [0, 0.05) is 4.47 Å². The maximum Gasteiger partial charge on any atom is 0.406 e. The van der Waals surface area contributed by atoms with Gasteiger partial charge in [-0.15, -0.1) is 0 Å². The first kappa shape index (κ1) is 18.3. The predicted molar refractivity (Wildman–Crippen MR) is 96.3 cm³/mol. The quantitative estimate of drug-likeness (QED) is 0.527. The van der Waals surface area contributed by atoms with Crippen LogP contribution in [0.4, 0.5) is 13.2 Å². The van der Waals surface area contributed by atoms with E-state index < -0.39 is 11.6 Å². The van der Waals surface area contributed by atoms with Crippen LogP contribution in [0.3, 0.4) is 0 Å². The van der Waals surface area contributed by atoms with Gasteiger partial charge in [0.1, 0.15) is 16.9 Å². The van der Waals surface area contributed by atoms with Crippen molar-refractivity contribution < 1.29 is 23.4 Å². The van der Waals surface area contributed by atoms with Gasteiger partial charge >= 0.3 is 6.18 Å². The number of phenolic OH excluding ortho intramolecular Hbond substituents is 2. The standard InChI is InChI=1S/C20H14BrF3O2/c21-16-7-1-13(2-8-16)19(20(22,23)24,14-3-9-17(25)10-4-14)15-5-11-18(26)12-6-15/h1-12,25-26H. The highest BCUT2D eigenvalue weighted by Crippen LogP contribution is 2.51. The van der Waals surface area contributed by atoms with Crippen molar-refractivity contribution in [3.63, 3.8) is 0 Å². The van der Waals surface area contributed by atoms with Gasteiger partial charge in [-0.25, -0.2) is 0 Å². The van der Waals surface area contributed by atoms with Crippen molar-refractivity contribution in [3.05, 3.63) is 94.0 Å². The summed E-state index contributed by atoms with van der Waals surface area (Å²) in [6, 6.07) is 15.9. The fourth-order valence-electron chi connectivity index (χ4n) is 3.11. The van der Waals surface area contributed by atoms with E-state index in [0.29, 0.717) is 4.47 Å². The van der Waals surface area contributed by atoms with Gasteiger partial charge in [-0.05, 0) is 53.1 Å². The SMILES string of the molecule is Oc1ccc(C(c2ccc(O)cc2)(c2ccc(Br)cc2)C(F)(F)F)cc1. The Morgan fingerprint density at radius 3 is 1.19 bits per heavy atom. The molecule has 0 atom stereocenters. The second kappa shape index (κ2) is 6.68. The Balaban J connectivity index is 2.40. The molecule has 0 aromatic heterocycles. The van der Waals surface area contributed by atoms with Crippen molar-refractivity contribution in [3.8, 4) is 11.5 Å². The summed E-state index contributed by atoms with van der Waals surface area (Å²) in [7, 11) is 0. The molecule has 2 nitrogen and oxygen atoms in total. The summed E-state index contributed by atoms with van der Waals surface area (Å²) < 4.78 is 44.5. The molecular formula is C20H14BrF3O2. The summed E-state index contributed by atoms with van der Waals surface area (Å²) in [4.78, 5) is 0. The number of rotatable bonds is 3. The summed E-state index contributed by atoms with van der Waals surface area (Å²) in [5, 5.41) is 19.0. The zero-order valence-electron chi connectivity index (χ0n) is 13.3. The number of alkyl halides is 3. The van der Waals surface area contributed by atoms with Crippen LogP contribution in [0, 0.1) is 0 Å². The minimum absolute atomic E-state index is 0.0317. The number of hydrogen-bond donors (Lipinski definition) is 2. The fourth-order valence-corrected chi connectivity index (χ4v) is 3.38. The maximum absolute atomic E-state index is 14.6. The highest BCUT2D eigenvalue weighted by Gasteiger charge is 2.58. The summed E-state index contributed by atoms with van der Waals surface area (Å²) in [5.41, 5.74) is -2.48. The Labute approximate surface area is 156 Å². The topological polar surface area (TPSA) is 40.5 Å². The molecule has 0 bridgehead atoms. The minimum Gasteiger partial charge on any atom is -0.508 e. The number of phenols is 2. The Kier molecular flexibility index (Phi) is 4.71. The summed E-state index contributed by atoms with van der Waals surface area (Å²) in [6.45, 7) is 0. The zero-order valence-corrected chi connectivity index (χ0v) is 14.9. The van der Waals surface area contributed by atoms with Gasteiger partial charge in [0.15, 0.2) is 0 Å². The zero-order chi connectivity index (χ0) is 18.9. The van der Waals surface area contributed by atoms with Crippen molar-refractivity contribution in [2.24, 2.45) is 0 Å². The van der Waals surface area contributed by atoms with Crippen molar-refractivity contribution >= 4 is 15.9 Å². The van der Waals surface area contributed by atoms with Crippen LogP contribution in [0.15, 0.2) is 77.3 Å². The van der Waals surface area contributed by atoms with Gasteiger partial charge < -0.3 is 10.2 Å². The van der Waals surface area contributed by atoms with Gasteiger partial charge in [-0.2, -0.15) is 13.2 Å². The van der Waals surface area contributed by atoms with Crippen LogP contribution in [0.25, 0.3) is 0 Å². The van der Waals surface area contributed by atoms with Gasteiger partial charge in [0.2, 0.25) is 0 Å². The summed E-state index contributed by atoms with van der Waals surface area (Å²) in [6.07, 6.45) is -4.67. The summed E-state index contributed by atoms with van der Waals surface area (Å²) in [5.74, 6) is -0.238. The second-order valence-electron chi connectivity index (χ2n) is 5.85. The van der Waals surface area contributed by atoms with Crippen molar-refractivity contribution in [1.29, 1.82) is 0 Å². The van der Waals surface area contributed by atoms with Crippen LogP contribution in [-0.4, -0.2) is 16.4 Å². The Morgan fingerprint density at radius 1 is 0.577 bits per heavy atom. The smallest absolute Gasteiger partial charge is 0.406 e. The van der Waals surface area contributed by atoms with Crippen molar-refractivity contribution in [2.45, 2.75) is 11.6 Å². The molecule has 0 saturated carbocycles. The largest absolute Gasteiger partial charge is 0.508 e. The molecule has 0 aliphatic heterocycles. The lowest BCUT2D eigenvalue weighted by Crippen LogP contribution is -2.44. The van der Waals surface area contributed by atoms with Gasteiger partial charge in [0.25, 0.3) is 0 Å². The van der Waals surface area contributed by atoms with E-state index in [-0.39, 0.29) is 28.2 Å². The van der Waals surface area contributed by atoms with Gasteiger partial charge in [-0.3, -0.25) is 0 Å². The molecule has 0 heterocycles. The average Bonchev–Trinajstić information content (AvgIpc) is 2.59. The normalized spacial score (nSPS) is 12.2. The number of benzene rings is 3. The molecule has 3 aromatic carbocycles. The number of hydrogen-bond acceptors (Lipinski definition) is 2. The highest BCUT2D eigenvalue weighted by atomic mass is 79.9. The third-order valence-corrected chi connectivity index (χ3v) is 4.83. The molecule has 0 spiro atoms. The first-order valence-electron chi connectivity index (χ1n) is 7.67. The Morgan fingerprint density at radius 2 is 0.885 bits per heavy atom. The highest BCUT2D eigenvalue weighted by molar-refractivity contribution is 9.10. The van der Waals surface area contributed by atoms with Crippen molar-refractivity contribution in [2.75, 3.05) is 0 Å². The molecule has 0 fully saturated rings. The lowest BCUT2D eigenvalue weighted by Gasteiger charge is -2.37. The van der Waals surface area contributed by atoms with Gasteiger partial charge in [-0.1, -0.05) is 52.3 Å². The van der Waals surface area contributed by atoms with Crippen LogP contribution >= 0.6 is 15.9 Å². The molecule has 3 rings (SSSR count). The van der Waals surface area contributed by atoms with Crippen LogP contribution in [0.2, 0.25) is 0 Å². The minimum atomic E-state index is -4.67. The van der Waals surface area contributed by atoms with Gasteiger partial charge in [0.05, 0.1) is 0 Å². The summed E-state index contributed by atoms with van der Waals surface area (Å²) >= 11 is 3.25. The van der Waals surface area contributed by atoms with E-state index in [0.717, 1.165) is 0 Å². The molecule has 134 valence electrons. The lowest BCUT2D eigenvalue weighted by atomic mass is 9.69. The Bertz CT molecular complexity index is 775. The average molecular weight is 423 g/mol. The predicted octanol–water partition coefficient (Wildman–Crippen LogP) is 5.76. The molecule has 0 unspecified atom stereocenters. The van der Waals surface area contributed by atoms with E-state index >= 15 is 0 Å². The molecule has 2 N–H and O–H groups in total. The molecule has 0 aliphatic rings. The van der Waals surface area contributed by atoms with Crippen molar-refractivity contribution in [1.82, 2.24) is 0 Å². The number of aromatic hydroxyl groups is 2. The van der Waals surface area contributed by atoms with E-state index in [1.807, 2.05) is 0 Å². The molecule has 0 saturated heterocycles. The fraction of sp³-hybridized carbons (Fsp3) is 0.100. The van der Waals surface area contributed by atoms with E-state index in [1.165, 1.54) is 60.7 Å². The third kappa shape index (κ3) is 3.05. The second-order valence-corrected chi connectivity index (χ2v) is 6.76. The monoisotopic (exact) mass is 422 g/mol. The van der Waals surface area contributed by atoms with Crippen LogP contribution < -0.4 is 0 Å². The molecule has 6 heteroatoms. The van der Waals surface area contributed by atoms with Crippen LogP contribution in [0.5, 0.6) is 11.5 Å². The first-order chi connectivity index (χ1) is 12.2. The first-order valence-corrected chi connectivity index (χ1v) is 8.46. The lowest BCUT2D eigenvalue weighted by molar-refractivity contribution is -0.166. The molecule has 3 aromatic rings. The van der Waals surface area contributed by atoms with E-state index in [9.17, 15) is 23.4 Å². The van der Waals surface area contributed by atoms with Crippen LogP contribution in [0.1, 0.15) is 16.7 Å². The molecule has 26 heavy (non-hydrogen) atoms. The molecule has 0 aliphatic carbocycles. The third-order valence-electron chi connectivity index (χ3n) is 4.30. The molecule has 0 amide bonds. The van der Waals surface area contributed by atoms with Crippen LogP contribution in [-0.2, 0) is 5.41 Å². The Hall–Kier alpha value is -2.47. The molecule has 0 radical (unpaired) electrons. The van der Waals surface area contributed by atoms with E-state index in [1.54, 1.807) is 12.1 Å². The molecular weight excluding hydrogens is 409 g/mol. The maximum atomic E-state index is 14.6.